The molecule has 1 aliphatic carbocycles. The fourth-order valence-corrected chi connectivity index (χ4v) is 5.39. The number of carbonyl (C=O) groups is 2. The van der Waals surface area contributed by atoms with Crippen LogP contribution in [0.4, 0.5) is 11.4 Å². The average Bonchev–Trinajstić information content (AvgIpc) is 3.41. The number of carbonyl (C=O) groups excluding carboxylic acids is 2. The van der Waals surface area contributed by atoms with Crippen molar-refractivity contribution in [3.63, 3.8) is 0 Å². The number of amides is 2. The lowest BCUT2D eigenvalue weighted by molar-refractivity contribution is -0.384. The number of hydrogen-bond acceptors (Lipinski definition) is 9. The Morgan fingerprint density at radius 3 is 2.59 bits per heavy atom. The van der Waals surface area contributed by atoms with Gasteiger partial charge in [-0.2, -0.15) is 0 Å². The molecular formula is C22H21BN2O9. The lowest BCUT2D eigenvalue weighted by Crippen LogP contribution is -2.45. The number of non-ortho nitro benzene ring substituents is 1. The van der Waals surface area contributed by atoms with Crippen LogP contribution < -0.4 is 4.90 Å². The smallest absolute Gasteiger partial charge is 0.461 e. The van der Waals surface area contributed by atoms with Gasteiger partial charge < -0.3 is 24.3 Å². The number of furan rings is 1. The molecule has 0 spiro atoms. The molecule has 0 saturated carbocycles. The molecule has 2 fully saturated rings. The molecule has 0 unspecified atom stereocenters. The zero-order valence-electron chi connectivity index (χ0n) is 17.9. The summed E-state index contributed by atoms with van der Waals surface area (Å²) in [5.74, 6) is -2.56. The third-order valence-electron chi connectivity index (χ3n) is 6.86. The van der Waals surface area contributed by atoms with Crippen LogP contribution in [-0.2, 0) is 20.9 Å². The first-order chi connectivity index (χ1) is 16.3. The summed E-state index contributed by atoms with van der Waals surface area (Å²) in [5.41, 5.74) is 0.682. The molecule has 1 aromatic heterocycles. The van der Waals surface area contributed by atoms with Gasteiger partial charge in [-0.1, -0.05) is 6.07 Å². The molecule has 3 heterocycles. The van der Waals surface area contributed by atoms with E-state index in [9.17, 15) is 34.9 Å². The number of aliphatic hydroxyl groups excluding tert-OH is 2. The van der Waals surface area contributed by atoms with Gasteiger partial charge in [-0.3, -0.25) is 19.7 Å². The Hall–Kier alpha value is -3.32. The van der Waals surface area contributed by atoms with E-state index < -0.39 is 54.3 Å². The molecule has 2 saturated heterocycles. The summed E-state index contributed by atoms with van der Waals surface area (Å²) < 4.78 is 11.3. The van der Waals surface area contributed by atoms with Gasteiger partial charge >= 0.3 is 7.12 Å². The van der Waals surface area contributed by atoms with Crippen molar-refractivity contribution in [2.45, 2.75) is 25.6 Å². The Kier molecular flexibility index (Phi) is 5.60. The van der Waals surface area contributed by atoms with Crippen LogP contribution in [0.1, 0.15) is 30.5 Å². The summed E-state index contributed by atoms with van der Waals surface area (Å²) in [4.78, 5) is 38.4. The van der Waals surface area contributed by atoms with Crippen molar-refractivity contribution in [2.75, 3.05) is 11.5 Å². The van der Waals surface area contributed by atoms with Gasteiger partial charge in [0, 0.05) is 12.1 Å². The summed E-state index contributed by atoms with van der Waals surface area (Å²) in [6.45, 7) is -0.720. The van der Waals surface area contributed by atoms with Gasteiger partial charge in [0.15, 0.2) is 0 Å². The molecule has 2 amide bonds. The number of anilines is 1. The molecule has 0 radical (unpaired) electrons. The SMILES string of the molecule is O=C1[C@H]2[C@H](CC(CO)=C3B(O)O[C@H](c4ccc(CO)o4)C[C@H]32)C(=O)N1c1cccc([N+](=O)[O-])c1. The monoisotopic (exact) mass is 468 g/mol. The van der Waals surface area contributed by atoms with Gasteiger partial charge in [-0.05, 0) is 48.0 Å². The molecule has 3 aliphatic rings. The maximum atomic E-state index is 13.6. The van der Waals surface area contributed by atoms with Crippen molar-refractivity contribution in [2.24, 2.45) is 17.8 Å². The van der Waals surface area contributed by atoms with Crippen LogP contribution in [0.15, 0.2) is 51.9 Å². The molecular weight excluding hydrogens is 447 g/mol. The lowest BCUT2D eigenvalue weighted by atomic mass is 9.55. The lowest BCUT2D eigenvalue weighted by Gasteiger charge is -2.41. The van der Waals surface area contributed by atoms with Crippen LogP contribution in [-0.4, -0.2) is 45.7 Å². The number of rotatable bonds is 5. The zero-order valence-corrected chi connectivity index (χ0v) is 17.9. The normalized spacial score (nSPS) is 26.7. The third-order valence-corrected chi connectivity index (χ3v) is 6.86. The molecule has 176 valence electrons. The number of hydrogen-bond donors (Lipinski definition) is 3. The maximum absolute atomic E-state index is 13.6. The Labute approximate surface area is 193 Å². The summed E-state index contributed by atoms with van der Waals surface area (Å²) in [6, 6.07) is 8.50. The van der Waals surface area contributed by atoms with Crippen molar-refractivity contribution in [3.8, 4) is 0 Å². The second-order valence-electron chi connectivity index (χ2n) is 8.62. The van der Waals surface area contributed by atoms with Crippen LogP contribution in [0.2, 0.25) is 0 Å². The molecule has 34 heavy (non-hydrogen) atoms. The minimum atomic E-state index is -1.41. The van der Waals surface area contributed by atoms with Crippen molar-refractivity contribution < 1.29 is 38.8 Å². The first kappa shape index (κ1) is 22.5. The topological polar surface area (TPSA) is 164 Å². The predicted molar refractivity (Wildman–Crippen MR) is 116 cm³/mol. The highest BCUT2D eigenvalue weighted by molar-refractivity contribution is 6.53. The van der Waals surface area contributed by atoms with Crippen molar-refractivity contribution in [3.05, 3.63) is 69.1 Å². The number of benzene rings is 1. The van der Waals surface area contributed by atoms with Crippen LogP contribution in [0, 0.1) is 27.9 Å². The molecule has 2 aromatic rings. The van der Waals surface area contributed by atoms with Crippen LogP contribution >= 0.6 is 0 Å². The fraction of sp³-hybridized carbons (Fsp3) is 0.364. The van der Waals surface area contributed by atoms with Crippen LogP contribution in [0.3, 0.4) is 0 Å². The quantitative estimate of drug-likeness (QED) is 0.254. The summed E-state index contributed by atoms with van der Waals surface area (Å²) in [5, 5.41) is 41.2. The van der Waals surface area contributed by atoms with E-state index in [0.717, 1.165) is 4.90 Å². The van der Waals surface area contributed by atoms with E-state index in [1.165, 1.54) is 24.3 Å². The number of aliphatic hydroxyl groups is 2. The van der Waals surface area contributed by atoms with Gasteiger partial charge in [0.25, 0.3) is 5.69 Å². The van der Waals surface area contributed by atoms with Gasteiger partial charge in [0.05, 0.1) is 29.1 Å². The average molecular weight is 468 g/mol. The summed E-state index contributed by atoms with van der Waals surface area (Å²) in [7, 11) is -1.41. The Morgan fingerprint density at radius 1 is 1.12 bits per heavy atom. The highest BCUT2D eigenvalue weighted by atomic mass is 16.6. The second-order valence-corrected chi connectivity index (χ2v) is 8.62. The molecule has 4 atom stereocenters. The van der Waals surface area contributed by atoms with E-state index in [0.29, 0.717) is 22.6 Å². The second kappa shape index (κ2) is 8.47. The Morgan fingerprint density at radius 2 is 1.91 bits per heavy atom. The van der Waals surface area contributed by atoms with Crippen molar-refractivity contribution in [1.82, 2.24) is 0 Å². The minimum Gasteiger partial charge on any atom is -0.461 e. The highest BCUT2D eigenvalue weighted by Crippen LogP contribution is 2.52. The molecule has 12 heteroatoms. The summed E-state index contributed by atoms with van der Waals surface area (Å²) in [6.07, 6.45) is -0.460. The maximum Gasteiger partial charge on any atom is 0.487 e. The number of allylic oxidation sites excluding steroid dienone is 1. The van der Waals surface area contributed by atoms with Crippen molar-refractivity contribution >= 4 is 30.3 Å². The van der Waals surface area contributed by atoms with Gasteiger partial charge in [-0.15, -0.1) is 0 Å². The van der Waals surface area contributed by atoms with Crippen LogP contribution in [0.25, 0.3) is 0 Å². The number of nitrogens with zero attached hydrogens (tertiary/aromatic N) is 2. The van der Waals surface area contributed by atoms with Gasteiger partial charge in [0.1, 0.15) is 24.2 Å². The minimum absolute atomic E-state index is 0.0729. The zero-order chi connectivity index (χ0) is 24.1. The van der Waals surface area contributed by atoms with E-state index in [4.69, 9.17) is 9.07 Å². The molecule has 2 aliphatic heterocycles. The molecule has 5 rings (SSSR count). The molecule has 1 aromatic carbocycles. The number of nitro benzene ring substituents is 1. The van der Waals surface area contributed by atoms with E-state index in [2.05, 4.69) is 0 Å². The van der Waals surface area contributed by atoms with E-state index in [1.54, 1.807) is 12.1 Å². The number of nitro groups is 1. The summed E-state index contributed by atoms with van der Waals surface area (Å²) >= 11 is 0. The fourth-order valence-electron chi connectivity index (χ4n) is 5.39. The molecule has 11 nitrogen and oxygen atoms in total. The van der Waals surface area contributed by atoms with E-state index in [1.807, 2.05) is 0 Å². The van der Waals surface area contributed by atoms with Gasteiger partial charge in [0.2, 0.25) is 11.8 Å². The predicted octanol–water partition coefficient (Wildman–Crippen LogP) is 1.28. The number of fused-ring (bicyclic) bond motifs is 3. The Balaban J connectivity index is 1.52. The largest absolute Gasteiger partial charge is 0.487 e. The standard InChI is InChI=1S/C22H21BN2O9/c26-9-11-6-16-19(22(29)24(21(16)28)12-2-1-3-13(7-12)25(31)32)15-8-18(34-23(30)20(11)15)17-5-4-14(10-27)33-17/h1-5,7,15-16,18-19,26-27,30H,6,8-10H2/t15-,16-,18-,19+/m0/s1. The van der Waals surface area contributed by atoms with Crippen molar-refractivity contribution in [1.29, 1.82) is 0 Å². The third kappa shape index (κ3) is 3.46. The van der Waals surface area contributed by atoms with E-state index >= 15 is 0 Å². The first-order valence-corrected chi connectivity index (χ1v) is 10.8. The molecule has 0 bridgehead atoms. The highest BCUT2D eigenvalue weighted by Gasteiger charge is 2.58. The number of imide groups is 1. The Bertz CT molecular complexity index is 1210. The first-order valence-electron chi connectivity index (χ1n) is 10.8. The molecule has 3 N–H and O–H groups in total. The van der Waals surface area contributed by atoms with Gasteiger partial charge in [-0.25, -0.2) is 4.90 Å². The van der Waals surface area contributed by atoms with E-state index in [-0.39, 0.29) is 30.8 Å². The van der Waals surface area contributed by atoms with Crippen LogP contribution in [0.5, 0.6) is 0 Å².